The van der Waals surface area contributed by atoms with Gasteiger partial charge in [-0.3, -0.25) is 4.79 Å². The minimum atomic E-state index is -1.09. The van der Waals surface area contributed by atoms with E-state index in [1.807, 2.05) is 42.5 Å². The zero-order chi connectivity index (χ0) is 22.4. The summed E-state index contributed by atoms with van der Waals surface area (Å²) in [5, 5.41) is 4.29. The molecular weight excluding hydrogens is 431 g/mol. The molecular formula is C25H26Cl2N2O2. The number of benzene rings is 2. The lowest BCUT2D eigenvalue weighted by Crippen LogP contribution is -2.48. The lowest BCUT2D eigenvalue weighted by atomic mass is 9.82. The van der Waals surface area contributed by atoms with Crippen molar-refractivity contribution in [2.75, 3.05) is 6.54 Å². The van der Waals surface area contributed by atoms with Crippen molar-refractivity contribution in [3.8, 4) is 5.88 Å². The highest BCUT2D eigenvalue weighted by Crippen LogP contribution is 2.33. The van der Waals surface area contributed by atoms with Crippen LogP contribution in [0.1, 0.15) is 43.7 Å². The Kier molecular flexibility index (Phi) is 7.58. The molecule has 3 rings (SSSR count). The van der Waals surface area contributed by atoms with Gasteiger partial charge < -0.3 is 10.1 Å². The number of hydrogen-bond acceptors (Lipinski definition) is 3. The second kappa shape index (κ2) is 10.2. The summed E-state index contributed by atoms with van der Waals surface area (Å²) >= 11 is 11.9. The maximum absolute atomic E-state index is 13.0. The molecule has 0 unspecified atom stereocenters. The Balaban J connectivity index is 1.74. The molecule has 3 aromatic rings. The van der Waals surface area contributed by atoms with Crippen molar-refractivity contribution >= 4 is 29.1 Å². The van der Waals surface area contributed by atoms with Crippen LogP contribution in [0.2, 0.25) is 10.0 Å². The van der Waals surface area contributed by atoms with Crippen LogP contribution in [0, 0.1) is 0 Å². The van der Waals surface area contributed by atoms with Crippen LogP contribution in [-0.4, -0.2) is 23.0 Å². The Labute approximate surface area is 193 Å². The van der Waals surface area contributed by atoms with Crippen LogP contribution in [0.3, 0.4) is 0 Å². The Morgan fingerprint density at radius 3 is 2.23 bits per heavy atom. The second-order valence-electron chi connectivity index (χ2n) is 7.99. The minimum Gasteiger partial charge on any atom is -0.462 e. The molecule has 1 amide bonds. The Hall–Kier alpha value is -2.56. The fourth-order valence-electron chi connectivity index (χ4n) is 3.43. The summed E-state index contributed by atoms with van der Waals surface area (Å²) in [6.45, 7) is 6.07. The maximum atomic E-state index is 13.0. The molecule has 0 saturated heterocycles. The molecule has 0 spiro atoms. The molecule has 31 heavy (non-hydrogen) atoms. The highest BCUT2D eigenvalue weighted by atomic mass is 35.5. The van der Waals surface area contributed by atoms with E-state index in [1.165, 1.54) is 6.20 Å². The Morgan fingerprint density at radius 1 is 0.968 bits per heavy atom. The van der Waals surface area contributed by atoms with E-state index in [4.69, 9.17) is 27.9 Å². The molecule has 0 fully saturated rings. The average molecular weight is 457 g/mol. The highest BCUT2D eigenvalue weighted by Gasteiger charge is 2.32. The molecule has 0 aliphatic heterocycles. The van der Waals surface area contributed by atoms with Crippen molar-refractivity contribution in [1.29, 1.82) is 0 Å². The molecule has 2 aromatic carbocycles. The fraction of sp³-hybridized carbons (Fsp3) is 0.280. The molecule has 0 radical (unpaired) electrons. The largest absolute Gasteiger partial charge is 0.462 e. The van der Waals surface area contributed by atoms with Crippen LogP contribution in [0.5, 0.6) is 5.88 Å². The summed E-state index contributed by atoms with van der Waals surface area (Å²) in [6.07, 6.45) is 1.49. The molecule has 2 atom stereocenters. The van der Waals surface area contributed by atoms with E-state index in [-0.39, 0.29) is 17.7 Å². The van der Waals surface area contributed by atoms with E-state index in [1.54, 1.807) is 26.0 Å². The fourth-order valence-corrected chi connectivity index (χ4v) is 3.67. The molecule has 0 bridgehead atoms. The first-order chi connectivity index (χ1) is 14.8. The number of ether oxygens (including phenoxy) is 1. The third-order valence-electron chi connectivity index (χ3n) is 5.32. The number of aromatic nitrogens is 1. The number of halogens is 2. The van der Waals surface area contributed by atoms with Crippen molar-refractivity contribution in [3.05, 3.63) is 94.1 Å². The van der Waals surface area contributed by atoms with E-state index in [0.29, 0.717) is 22.5 Å². The van der Waals surface area contributed by atoms with Gasteiger partial charge in [0, 0.05) is 29.7 Å². The van der Waals surface area contributed by atoms with E-state index in [9.17, 15) is 4.79 Å². The number of carbonyl (C=O) groups excluding carboxylic acids is 1. The standard InChI is InChI=1S/C25H26Cl2N2O2/c1-17(18-9-11-20(26)12-10-18)22(19-7-5-4-6-8-19)16-29-24(30)25(2,3)31-23-14-13-21(27)15-28-23/h4-15,17,22H,16H2,1-3H3,(H,29,30)/t17-,22+/m1/s1. The monoisotopic (exact) mass is 456 g/mol. The Bertz CT molecular complexity index is 990. The molecule has 6 heteroatoms. The first kappa shape index (κ1) is 23.1. The zero-order valence-electron chi connectivity index (χ0n) is 17.8. The van der Waals surface area contributed by atoms with Gasteiger partial charge >= 0.3 is 0 Å². The first-order valence-electron chi connectivity index (χ1n) is 10.2. The third-order valence-corrected chi connectivity index (χ3v) is 5.79. The number of hydrogen-bond donors (Lipinski definition) is 1. The zero-order valence-corrected chi connectivity index (χ0v) is 19.3. The van der Waals surface area contributed by atoms with Gasteiger partial charge in [0.2, 0.25) is 5.88 Å². The molecule has 0 saturated carbocycles. The van der Waals surface area contributed by atoms with E-state index >= 15 is 0 Å². The van der Waals surface area contributed by atoms with Gasteiger partial charge in [-0.2, -0.15) is 0 Å². The van der Waals surface area contributed by atoms with Gasteiger partial charge in [-0.15, -0.1) is 0 Å². The van der Waals surface area contributed by atoms with E-state index < -0.39 is 5.60 Å². The van der Waals surface area contributed by atoms with Gasteiger partial charge in [0.05, 0.1) is 5.02 Å². The van der Waals surface area contributed by atoms with Gasteiger partial charge in [0.15, 0.2) is 5.60 Å². The summed E-state index contributed by atoms with van der Waals surface area (Å²) < 4.78 is 5.82. The van der Waals surface area contributed by atoms with Crippen molar-refractivity contribution in [1.82, 2.24) is 10.3 Å². The molecule has 1 aromatic heterocycles. The smallest absolute Gasteiger partial charge is 0.263 e. The summed E-state index contributed by atoms with van der Waals surface area (Å²) in [7, 11) is 0. The number of amides is 1. The van der Waals surface area contributed by atoms with Crippen molar-refractivity contribution in [2.45, 2.75) is 38.2 Å². The van der Waals surface area contributed by atoms with Crippen LogP contribution in [0.25, 0.3) is 0 Å². The SMILES string of the molecule is C[C@H](c1ccc(Cl)cc1)[C@H](CNC(=O)C(C)(C)Oc1ccc(Cl)cn1)c1ccccc1. The predicted octanol–water partition coefficient (Wildman–Crippen LogP) is 6.25. The lowest BCUT2D eigenvalue weighted by Gasteiger charge is -2.29. The topological polar surface area (TPSA) is 51.2 Å². The van der Waals surface area contributed by atoms with Crippen molar-refractivity contribution in [3.63, 3.8) is 0 Å². The maximum Gasteiger partial charge on any atom is 0.263 e. The van der Waals surface area contributed by atoms with E-state index in [0.717, 1.165) is 11.1 Å². The van der Waals surface area contributed by atoms with Crippen LogP contribution in [-0.2, 0) is 4.79 Å². The van der Waals surface area contributed by atoms with Gasteiger partial charge in [-0.1, -0.05) is 72.6 Å². The predicted molar refractivity (Wildman–Crippen MR) is 126 cm³/mol. The lowest BCUT2D eigenvalue weighted by molar-refractivity contribution is -0.134. The van der Waals surface area contributed by atoms with Crippen LogP contribution >= 0.6 is 23.2 Å². The second-order valence-corrected chi connectivity index (χ2v) is 8.87. The van der Waals surface area contributed by atoms with Crippen molar-refractivity contribution in [2.24, 2.45) is 0 Å². The summed E-state index contributed by atoms with van der Waals surface area (Å²) in [4.78, 5) is 17.1. The summed E-state index contributed by atoms with van der Waals surface area (Å²) in [5.41, 5.74) is 1.22. The minimum absolute atomic E-state index is 0.0794. The quantitative estimate of drug-likeness (QED) is 0.435. The molecule has 0 aliphatic carbocycles. The van der Waals surface area contributed by atoms with Gasteiger partial charge in [0.1, 0.15) is 0 Å². The van der Waals surface area contributed by atoms with Crippen LogP contribution in [0.15, 0.2) is 72.9 Å². The average Bonchev–Trinajstić information content (AvgIpc) is 2.76. The molecule has 162 valence electrons. The van der Waals surface area contributed by atoms with Crippen LogP contribution in [0.4, 0.5) is 0 Å². The highest BCUT2D eigenvalue weighted by molar-refractivity contribution is 6.30. The first-order valence-corrected chi connectivity index (χ1v) is 10.9. The van der Waals surface area contributed by atoms with Gasteiger partial charge in [-0.25, -0.2) is 4.98 Å². The number of nitrogens with one attached hydrogen (secondary N) is 1. The Morgan fingerprint density at radius 2 is 1.61 bits per heavy atom. The van der Waals surface area contributed by atoms with Crippen molar-refractivity contribution < 1.29 is 9.53 Å². The summed E-state index contributed by atoms with van der Waals surface area (Å²) in [6, 6.07) is 21.4. The number of rotatable bonds is 8. The van der Waals surface area contributed by atoms with Gasteiger partial charge in [0.25, 0.3) is 5.91 Å². The molecule has 4 nitrogen and oxygen atoms in total. The third kappa shape index (κ3) is 6.22. The van der Waals surface area contributed by atoms with Gasteiger partial charge in [-0.05, 0) is 49.1 Å². The number of nitrogens with zero attached hydrogens (tertiary/aromatic N) is 1. The normalized spacial score (nSPS) is 13.3. The number of carbonyl (C=O) groups is 1. The number of pyridine rings is 1. The molecule has 0 aliphatic rings. The summed E-state index contributed by atoms with van der Waals surface area (Å²) in [5.74, 6) is 0.380. The van der Waals surface area contributed by atoms with E-state index in [2.05, 4.69) is 29.4 Å². The molecule has 1 N–H and O–H groups in total. The molecule has 1 heterocycles. The van der Waals surface area contributed by atoms with Crippen LogP contribution < -0.4 is 10.1 Å².